The first-order chi connectivity index (χ1) is 3.13. The van der Waals surface area contributed by atoms with Gasteiger partial charge in [-0.15, -0.1) is 0 Å². The predicted molar refractivity (Wildman–Crippen MR) is 27.1 cm³/mol. The van der Waals surface area contributed by atoms with Gasteiger partial charge in [-0.2, -0.15) is 0 Å². The van der Waals surface area contributed by atoms with Gasteiger partial charge in [0.1, 0.15) is 0 Å². The maximum atomic E-state index is 9.88. The lowest BCUT2D eigenvalue weighted by molar-refractivity contribution is -0.113. The van der Waals surface area contributed by atoms with Crippen LogP contribution in [0.25, 0.3) is 0 Å². The Morgan fingerprint density at radius 2 is 2.00 bits per heavy atom. The van der Waals surface area contributed by atoms with E-state index in [1.807, 2.05) is 0 Å². The van der Waals surface area contributed by atoms with Crippen molar-refractivity contribution >= 4 is 5.91 Å². The smallest absolute Gasteiger partial charge is 0.243 e. The van der Waals surface area contributed by atoms with Gasteiger partial charge in [-0.3, -0.25) is 4.79 Å². The average Bonchev–Trinajstić information content (AvgIpc) is 1.27. The molecule has 40 valence electrons. The SMILES string of the molecule is C/C(N)=C\C(N)=O. The summed E-state index contributed by atoms with van der Waals surface area (Å²) in [5.74, 6) is -0.500. The van der Waals surface area contributed by atoms with Crippen molar-refractivity contribution in [2.75, 3.05) is 0 Å². The maximum Gasteiger partial charge on any atom is 0.243 e. The summed E-state index contributed by atoms with van der Waals surface area (Å²) in [4.78, 5) is 9.88. The molecular formula is C4H8N2O. The molecule has 7 heavy (non-hydrogen) atoms. The molecule has 3 heteroatoms. The van der Waals surface area contributed by atoms with Crippen LogP contribution in [0.5, 0.6) is 0 Å². The van der Waals surface area contributed by atoms with Gasteiger partial charge in [0, 0.05) is 11.8 Å². The van der Waals surface area contributed by atoms with E-state index in [1.165, 1.54) is 6.08 Å². The van der Waals surface area contributed by atoms with Crippen LogP contribution in [0.2, 0.25) is 0 Å². The number of rotatable bonds is 1. The molecule has 0 bridgehead atoms. The first kappa shape index (κ1) is 6.01. The Morgan fingerprint density at radius 3 is 2.00 bits per heavy atom. The molecule has 1 amide bonds. The zero-order chi connectivity index (χ0) is 5.86. The minimum absolute atomic E-state index is 0.438. The zero-order valence-electron chi connectivity index (χ0n) is 4.14. The van der Waals surface area contributed by atoms with Crippen molar-refractivity contribution in [3.8, 4) is 0 Å². The fourth-order valence-corrected chi connectivity index (χ4v) is 0.224. The predicted octanol–water partition coefficient (Wildman–Crippen LogP) is -0.666. The van der Waals surface area contributed by atoms with E-state index >= 15 is 0 Å². The minimum atomic E-state index is -0.500. The quantitative estimate of drug-likeness (QED) is 0.429. The molecule has 0 spiro atoms. The van der Waals surface area contributed by atoms with Crippen molar-refractivity contribution in [2.24, 2.45) is 11.5 Å². The minimum Gasteiger partial charge on any atom is -0.402 e. The fraction of sp³-hybridized carbons (Fsp3) is 0.250. The third-order valence-corrected chi connectivity index (χ3v) is 0.370. The van der Waals surface area contributed by atoms with Gasteiger partial charge in [0.25, 0.3) is 0 Å². The van der Waals surface area contributed by atoms with Crippen LogP contribution in [0.4, 0.5) is 0 Å². The molecule has 0 saturated carbocycles. The number of carbonyl (C=O) groups is 1. The molecule has 0 aromatic carbocycles. The van der Waals surface area contributed by atoms with Gasteiger partial charge >= 0.3 is 0 Å². The molecule has 0 unspecified atom stereocenters. The summed E-state index contributed by atoms with van der Waals surface area (Å²) in [6.45, 7) is 1.60. The van der Waals surface area contributed by atoms with Crippen molar-refractivity contribution in [2.45, 2.75) is 6.92 Å². The van der Waals surface area contributed by atoms with Gasteiger partial charge in [0.2, 0.25) is 5.91 Å². The first-order valence-corrected chi connectivity index (χ1v) is 1.86. The first-order valence-electron chi connectivity index (χ1n) is 1.86. The third kappa shape index (κ3) is 5.01. The van der Waals surface area contributed by atoms with E-state index in [9.17, 15) is 4.79 Å². The molecule has 0 aliphatic rings. The maximum absolute atomic E-state index is 9.88. The number of allylic oxidation sites excluding steroid dienone is 1. The van der Waals surface area contributed by atoms with Crippen LogP contribution >= 0.6 is 0 Å². The molecule has 0 aromatic heterocycles. The van der Waals surface area contributed by atoms with Crippen LogP contribution in [0, 0.1) is 0 Å². The highest BCUT2D eigenvalue weighted by molar-refractivity contribution is 5.86. The number of hydrogen-bond donors (Lipinski definition) is 2. The molecule has 4 N–H and O–H groups in total. The van der Waals surface area contributed by atoms with Crippen LogP contribution in [-0.2, 0) is 4.79 Å². The summed E-state index contributed by atoms with van der Waals surface area (Å²) in [6.07, 6.45) is 1.17. The highest BCUT2D eigenvalue weighted by atomic mass is 16.1. The summed E-state index contributed by atoms with van der Waals surface area (Å²) in [7, 11) is 0. The second-order valence-corrected chi connectivity index (χ2v) is 1.29. The molecule has 0 aromatic rings. The summed E-state index contributed by atoms with van der Waals surface area (Å²) < 4.78 is 0. The Morgan fingerprint density at radius 1 is 1.57 bits per heavy atom. The Kier molecular flexibility index (Phi) is 1.91. The Labute approximate surface area is 42.0 Å². The second kappa shape index (κ2) is 2.23. The number of amides is 1. The molecule has 0 radical (unpaired) electrons. The van der Waals surface area contributed by atoms with Crippen molar-refractivity contribution in [3.63, 3.8) is 0 Å². The number of nitrogens with two attached hydrogens (primary N) is 2. The van der Waals surface area contributed by atoms with E-state index in [2.05, 4.69) is 0 Å². The van der Waals surface area contributed by atoms with Crippen molar-refractivity contribution in [1.82, 2.24) is 0 Å². The van der Waals surface area contributed by atoms with Gasteiger partial charge in [-0.1, -0.05) is 0 Å². The van der Waals surface area contributed by atoms with Crippen LogP contribution in [0.1, 0.15) is 6.92 Å². The van der Waals surface area contributed by atoms with E-state index in [4.69, 9.17) is 11.5 Å². The van der Waals surface area contributed by atoms with Gasteiger partial charge in [0.15, 0.2) is 0 Å². The molecule has 0 saturated heterocycles. The van der Waals surface area contributed by atoms with E-state index in [1.54, 1.807) is 6.92 Å². The molecule has 0 heterocycles. The molecule has 0 aliphatic carbocycles. The Hall–Kier alpha value is -0.990. The molecular weight excluding hydrogens is 92.1 g/mol. The molecule has 0 aliphatic heterocycles. The van der Waals surface area contributed by atoms with Crippen molar-refractivity contribution in [3.05, 3.63) is 11.8 Å². The van der Waals surface area contributed by atoms with Gasteiger partial charge in [-0.25, -0.2) is 0 Å². The van der Waals surface area contributed by atoms with Crippen LogP contribution < -0.4 is 11.5 Å². The summed E-state index contributed by atoms with van der Waals surface area (Å²) >= 11 is 0. The third-order valence-electron chi connectivity index (χ3n) is 0.370. The van der Waals surface area contributed by atoms with E-state index in [0.29, 0.717) is 5.70 Å². The summed E-state index contributed by atoms with van der Waals surface area (Å²) in [6, 6.07) is 0. The van der Waals surface area contributed by atoms with Gasteiger partial charge in [-0.05, 0) is 6.92 Å². The van der Waals surface area contributed by atoms with E-state index in [0.717, 1.165) is 0 Å². The largest absolute Gasteiger partial charge is 0.402 e. The number of hydrogen-bond acceptors (Lipinski definition) is 2. The lowest BCUT2D eigenvalue weighted by Crippen LogP contribution is -2.08. The lowest BCUT2D eigenvalue weighted by Gasteiger charge is -1.82. The average molecular weight is 100 g/mol. The van der Waals surface area contributed by atoms with E-state index < -0.39 is 5.91 Å². The van der Waals surface area contributed by atoms with Crippen molar-refractivity contribution in [1.29, 1.82) is 0 Å². The zero-order valence-corrected chi connectivity index (χ0v) is 4.14. The highest BCUT2D eigenvalue weighted by Gasteiger charge is 1.81. The summed E-state index contributed by atoms with van der Waals surface area (Å²) in [5, 5.41) is 0. The lowest BCUT2D eigenvalue weighted by atomic mass is 10.4. The Balaban J connectivity index is 3.68. The van der Waals surface area contributed by atoms with Gasteiger partial charge in [0.05, 0.1) is 0 Å². The van der Waals surface area contributed by atoms with E-state index in [-0.39, 0.29) is 0 Å². The number of carbonyl (C=O) groups excluding carboxylic acids is 1. The molecule has 0 rings (SSSR count). The van der Waals surface area contributed by atoms with Gasteiger partial charge < -0.3 is 11.5 Å². The Bertz CT molecular complexity index is 102. The van der Waals surface area contributed by atoms with Crippen LogP contribution in [0.3, 0.4) is 0 Å². The topological polar surface area (TPSA) is 69.1 Å². The number of primary amides is 1. The normalized spacial score (nSPS) is 11.3. The highest BCUT2D eigenvalue weighted by Crippen LogP contribution is 1.74. The molecule has 0 atom stereocenters. The fourth-order valence-electron chi connectivity index (χ4n) is 0.224. The summed E-state index contributed by atoms with van der Waals surface area (Å²) in [5.41, 5.74) is 10.2. The van der Waals surface area contributed by atoms with Crippen LogP contribution in [0.15, 0.2) is 11.8 Å². The standard InChI is InChI=1S/C4H8N2O/c1-3(5)2-4(6)7/h2H,5H2,1H3,(H2,6,7)/b3-2+. The molecule has 0 fully saturated rings. The van der Waals surface area contributed by atoms with Crippen molar-refractivity contribution < 1.29 is 4.79 Å². The molecule has 3 nitrogen and oxygen atoms in total. The monoisotopic (exact) mass is 100 g/mol. The van der Waals surface area contributed by atoms with Crippen LogP contribution in [-0.4, -0.2) is 5.91 Å². The second-order valence-electron chi connectivity index (χ2n) is 1.29.